The van der Waals surface area contributed by atoms with E-state index in [-0.39, 0.29) is 11.5 Å². The quantitative estimate of drug-likeness (QED) is 0.793. The highest BCUT2D eigenvalue weighted by Gasteiger charge is 2.14. The van der Waals surface area contributed by atoms with Gasteiger partial charge in [0.2, 0.25) is 0 Å². The fourth-order valence-corrected chi connectivity index (χ4v) is 2.19. The maximum absolute atomic E-state index is 13.6. The molecule has 1 unspecified atom stereocenters. The summed E-state index contributed by atoms with van der Waals surface area (Å²) in [6, 6.07) is 11.8. The number of nitrogens with one attached hydrogen (secondary N) is 1. The third kappa shape index (κ3) is 3.81. The van der Waals surface area contributed by atoms with Crippen molar-refractivity contribution in [1.29, 1.82) is 0 Å². The van der Waals surface area contributed by atoms with Gasteiger partial charge in [-0.05, 0) is 35.6 Å². The summed E-state index contributed by atoms with van der Waals surface area (Å²) in [6.45, 7) is 8.45. The smallest absolute Gasteiger partial charge is 0.149 e. The fraction of sp³-hybridized carbons (Fsp3) is 0.333. The van der Waals surface area contributed by atoms with Crippen LogP contribution in [0.1, 0.15) is 44.9 Å². The summed E-state index contributed by atoms with van der Waals surface area (Å²) < 4.78 is 26.5. The Morgan fingerprint density at radius 2 is 1.57 bits per heavy atom. The number of hydrogen-bond acceptors (Lipinski definition) is 1. The maximum Gasteiger partial charge on any atom is 0.149 e. The van der Waals surface area contributed by atoms with E-state index in [1.165, 1.54) is 17.7 Å². The molecule has 0 radical (unpaired) electrons. The Balaban J connectivity index is 2.15. The molecule has 1 atom stereocenters. The van der Waals surface area contributed by atoms with E-state index in [4.69, 9.17) is 0 Å². The topological polar surface area (TPSA) is 12.0 Å². The van der Waals surface area contributed by atoms with E-state index in [0.29, 0.717) is 5.69 Å². The Hall–Kier alpha value is -1.90. The van der Waals surface area contributed by atoms with Crippen molar-refractivity contribution in [1.82, 2.24) is 0 Å². The second-order valence-electron chi connectivity index (χ2n) is 6.36. The van der Waals surface area contributed by atoms with Crippen LogP contribution < -0.4 is 5.32 Å². The molecule has 0 saturated carbocycles. The van der Waals surface area contributed by atoms with Gasteiger partial charge in [-0.3, -0.25) is 0 Å². The van der Waals surface area contributed by atoms with E-state index in [2.05, 4.69) is 38.2 Å². The molecule has 2 rings (SSSR count). The molecule has 3 heteroatoms. The Bertz CT molecular complexity index is 612. The van der Waals surface area contributed by atoms with Crippen LogP contribution in [0.5, 0.6) is 0 Å². The van der Waals surface area contributed by atoms with Crippen molar-refractivity contribution in [3.8, 4) is 0 Å². The van der Waals surface area contributed by atoms with E-state index < -0.39 is 11.6 Å². The molecule has 0 amide bonds. The Morgan fingerprint density at radius 1 is 0.952 bits per heavy atom. The number of rotatable bonds is 3. The van der Waals surface area contributed by atoms with Crippen LogP contribution in [0.4, 0.5) is 14.5 Å². The lowest BCUT2D eigenvalue weighted by atomic mass is 9.86. The third-order valence-electron chi connectivity index (χ3n) is 3.58. The van der Waals surface area contributed by atoms with Crippen molar-refractivity contribution in [2.45, 2.75) is 39.2 Å². The Labute approximate surface area is 125 Å². The second-order valence-corrected chi connectivity index (χ2v) is 6.36. The van der Waals surface area contributed by atoms with Crippen LogP contribution in [0.15, 0.2) is 42.5 Å². The van der Waals surface area contributed by atoms with Crippen molar-refractivity contribution < 1.29 is 8.78 Å². The van der Waals surface area contributed by atoms with Crippen LogP contribution in [-0.2, 0) is 5.41 Å². The van der Waals surface area contributed by atoms with Crippen LogP contribution in [-0.4, -0.2) is 0 Å². The molecule has 0 aromatic heterocycles. The van der Waals surface area contributed by atoms with Crippen molar-refractivity contribution in [3.63, 3.8) is 0 Å². The minimum atomic E-state index is -0.576. The molecule has 2 aromatic carbocycles. The van der Waals surface area contributed by atoms with Crippen molar-refractivity contribution in [2.75, 3.05) is 5.32 Å². The molecule has 1 N–H and O–H groups in total. The molecule has 0 aliphatic rings. The summed E-state index contributed by atoms with van der Waals surface area (Å²) in [5, 5.41) is 3.07. The van der Waals surface area contributed by atoms with Crippen molar-refractivity contribution in [3.05, 3.63) is 65.2 Å². The molecule has 0 heterocycles. The predicted octanol–water partition coefficient (Wildman–Crippen LogP) is 5.44. The molecule has 0 aliphatic carbocycles. The van der Waals surface area contributed by atoms with E-state index in [1.54, 1.807) is 0 Å². The largest absolute Gasteiger partial charge is 0.376 e. The van der Waals surface area contributed by atoms with Gasteiger partial charge in [0, 0.05) is 12.1 Å². The van der Waals surface area contributed by atoms with Gasteiger partial charge >= 0.3 is 0 Å². The average Bonchev–Trinajstić information content (AvgIpc) is 2.41. The minimum absolute atomic E-state index is 0.0565. The first kappa shape index (κ1) is 15.5. The zero-order valence-electron chi connectivity index (χ0n) is 12.9. The van der Waals surface area contributed by atoms with E-state index in [9.17, 15) is 8.78 Å². The van der Waals surface area contributed by atoms with Gasteiger partial charge in [-0.2, -0.15) is 0 Å². The summed E-state index contributed by atoms with van der Waals surface area (Å²) in [4.78, 5) is 0. The summed E-state index contributed by atoms with van der Waals surface area (Å²) in [6.07, 6.45) is 0. The standard InChI is InChI=1S/C18H21F2N/c1-12(21-17-10-9-15(19)11-16(17)20)13-5-7-14(8-6-13)18(2,3)4/h5-12,21H,1-4H3. The Morgan fingerprint density at radius 3 is 2.10 bits per heavy atom. The SMILES string of the molecule is CC(Nc1ccc(F)cc1F)c1ccc(C(C)(C)C)cc1. The highest BCUT2D eigenvalue weighted by molar-refractivity contribution is 5.47. The molecule has 2 aromatic rings. The maximum atomic E-state index is 13.6. The fourth-order valence-electron chi connectivity index (χ4n) is 2.19. The lowest BCUT2D eigenvalue weighted by Crippen LogP contribution is -2.12. The number of benzene rings is 2. The van der Waals surface area contributed by atoms with Gasteiger partial charge < -0.3 is 5.32 Å². The molecular formula is C18H21F2N. The first-order valence-corrected chi connectivity index (χ1v) is 7.09. The van der Waals surface area contributed by atoms with Crippen molar-refractivity contribution in [2.24, 2.45) is 0 Å². The highest BCUT2D eigenvalue weighted by Crippen LogP contribution is 2.26. The molecule has 0 bridgehead atoms. The third-order valence-corrected chi connectivity index (χ3v) is 3.58. The van der Waals surface area contributed by atoms with Crippen LogP contribution >= 0.6 is 0 Å². The average molecular weight is 289 g/mol. The minimum Gasteiger partial charge on any atom is -0.376 e. The van der Waals surface area contributed by atoms with Gasteiger partial charge in [0.25, 0.3) is 0 Å². The molecule has 0 aliphatic heterocycles. The van der Waals surface area contributed by atoms with Crippen LogP contribution in [0.3, 0.4) is 0 Å². The van der Waals surface area contributed by atoms with Crippen LogP contribution in [0, 0.1) is 11.6 Å². The van der Waals surface area contributed by atoms with E-state index in [1.807, 2.05) is 19.1 Å². The van der Waals surface area contributed by atoms with Gasteiger partial charge in [-0.25, -0.2) is 8.78 Å². The van der Waals surface area contributed by atoms with E-state index in [0.717, 1.165) is 11.6 Å². The summed E-state index contributed by atoms with van der Waals surface area (Å²) in [5.74, 6) is -1.15. The summed E-state index contributed by atoms with van der Waals surface area (Å²) in [5.41, 5.74) is 2.74. The zero-order chi connectivity index (χ0) is 15.6. The first-order chi connectivity index (χ1) is 9.77. The normalized spacial score (nSPS) is 13.0. The summed E-state index contributed by atoms with van der Waals surface area (Å²) >= 11 is 0. The van der Waals surface area contributed by atoms with Gasteiger partial charge in [0.05, 0.1) is 5.69 Å². The number of halogens is 2. The van der Waals surface area contributed by atoms with Gasteiger partial charge in [0.15, 0.2) is 0 Å². The number of hydrogen-bond donors (Lipinski definition) is 1. The molecule has 0 spiro atoms. The van der Waals surface area contributed by atoms with E-state index >= 15 is 0 Å². The van der Waals surface area contributed by atoms with Gasteiger partial charge in [0.1, 0.15) is 11.6 Å². The first-order valence-electron chi connectivity index (χ1n) is 7.09. The lowest BCUT2D eigenvalue weighted by molar-refractivity contribution is 0.583. The van der Waals surface area contributed by atoms with Crippen molar-refractivity contribution >= 4 is 5.69 Å². The molecule has 1 nitrogen and oxygen atoms in total. The highest BCUT2D eigenvalue weighted by atomic mass is 19.1. The summed E-state index contributed by atoms with van der Waals surface area (Å²) in [7, 11) is 0. The zero-order valence-corrected chi connectivity index (χ0v) is 12.9. The van der Waals surface area contributed by atoms with Gasteiger partial charge in [-0.1, -0.05) is 45.0 Å². The number of anilines is 1. The Kier molecular flexibility index (Phi) is 4.31. The molecule has 0 saturated heterocycles. The molecule has 0 fully saturated rings. The molecular weight excluding hydrogens is 268 g/mol. The molecule has 21 heavy (non-hydrogen) atoms. The van der Waals surface area contributed by atoms with Crippen LogP contribution in [0.2, 0.25) is 0 Å². The monoisotopic (exact) mass is 289 g/mol. The van der Waals surface area contributed by atoms with Crippen LogP contribution in [0.25, 0.3) is 0 Å². The lowest BCUT2D eigenvalue weighted by Gasteiger charge is -2.21. The molecule has 112 valence electrons. The second kappa shape index (κ2) is 5.84. The predicted molar refractivity (Wildman–Crippen MR) is 83.5 cm³/mol. The van der Waals surface area contributed by atoms with Gasteiger partial charge in [-0.15, -0.1) is 0 Å².